The Morgan fingerprint density at radius 2 is 1.92 bits per heavy atom. The Labute approximate surface area is 147 Å². The van der Waals surface area contributed by atoms with E-state index in [4.69, 9.17) is 12.2 Å². The van der Waals surface area contributed by atoms with E-state index in [2.05, 4.69) is 15.5 Å². The van der Waals surface area contributed by atoms with Crippen molar-refractivity contribution >= 4 is 23.2 Å². The van der Waals surface area contributed by atoms with Crippen molar-refractivity contribution in [3.8, 4) is 0 Å². The number of amides is 1. The highest BCUT2D eigenvalue weighted by Crippen LogP contribution is 2.18. The molecule has 0 radical (unpaired) electrons. The van der Waals surface area contributed by atoms with Gasteiger partial charge in [-0.25, -0.2) is 4.39 Å². The summed E-state index contributed by atoms with van der Waals surface area (Å²) in [7, 11) is 0. The minimum absolute atomic E-state index is 0.165. The molecule has 1 amide bonds. The van der Waals surface area contributed by atoms with E-state index in [1.54, 1.807) is 12.1 Å². The number of carbonyl (C=O) groups excluding carboxylic acids is 1. The first-order valence-corrected chi connectivity index (χ1v) is 8.91. The van der Waals surface area contributed by atoms with Crippen LogP contribution in [0.4, 0.5) is 4.39 Å². The minimum atomic E-state index is -0.230. The van der Waals surface area contributed by atoms with E-state index < -0.39 is 0 Å². The van der Waals surface area contributed by atoms with Gasteiger partial charge in [-0.15, -0.1) is 0 Å². The van der Waals surface area contributed by atoms with Gasteiger partial charge in [0.15, 0.2) is 11.7 Å². The van der Waals surface area contributed by atoms with Gasteiger partial charge in [0.2, 0.25) is 0 Å². The standard InChI is InChI=1S/C17H23FN4OS/c18-14-3-1-13(2-4-14)11-19-17(24)22-9-7-21(8-10-22)12-16(23)20-15-5-6-15/h1-4,15H,5-12H2,(H,19,24)(H,20,23)/p+1. The average Bonchev–Trinajstić information content (AvgIpc) is 3.38. The Bertz CT molecular complexity index is 583. The molecule has 3 N–H and O–H groups in total. The van der Waals surface area contributed by atoms with Crippen molar-refractivity contribution in [2.24, 2.45) is 0 Å². The Morgan fingerprint density at radius 1 is 1.25 bits per heavy atom. The third kappa shape index (κ3) is 5.14. The zero-order chi connectivity index (χ0) is 16.9. The van der Waals surface area contributed by atoms with Gasteiger partial charge in [-0.3, -0.25) is 4.79 Å². The van der Waals surface area contributed by atoms with Gasteiger partial charge in [0.05, 0.1) is 26.2 Å². The van der Waals surface area contributed by atoms with Crippen molar-refractivity contribution in [2.45, 2.75) is 25.4 Å². The summed E-state index contributed by atoms with van der Waals surface area (Å²) in [5.41, 5.74) is 1.000. The third-order valence-corrected chi connectivity index (χ3v) is 4.87. The molecule has 2 fully saturated rings. The average molecular weight is 351 g/mol. The molecule has 130 valence electrons. The smallest absolute Gasteiger partial charge is 0.275 e. The topological polar surface area (TPSA) is 48.8 Å². The lowest BCUT2D eigenvalue weighted by Crippen LogP contribution is -3.16. The number of rotatable bonds is 5. The van der Waals surface area contributed by atoms with Crippen molar-refractivity contribution in [1.82, 2.24) is 15.5 Å². The molecule has 1 aromatic carbocycles. The molecule has 1 aromatic rings. The Morgan fingerprint density at radius 3 is 2.54 bits per heavy atom. The Balaban J connectivity index is 1.36. The van der Waals surface area contributed by atoms with Crippen molar-refractivity contribution in [2.75, 3.05) is 32.7 Å². The van der Waals surface area contributed by atoms with Gasteiger partial charge in [-0.2, -0.15) is 0 Å². The van der Waals surface area contributed by atoms with E-state index in [-0.39, 0.29) is 11.7 Å². The van der Waals surface area contributed by atoms with E-state index in [0.717, 1.165) is 49.7 Å². The molecule has 24 heavy (non-hydrogen) atoms. The van der Waals surface area contributed by atoms with Crippen LogP contribution in [0.5, 0.6) is 0 Å². The van der Waals surface area contributed by atoms with Gasteiger partial charge in [-0.1, -0.05) is 12.1 Å². The minimum Gasteiger partial charge on any atom is -0.358 e. The zero-order valence-corrected chi connectivity index (χ0v) is 14.5. The number of nitrogens with zero attached hydrogens (tertiary/aromatic N) is 1. The molecule has 3 rings (SSSR count). The monoisotopic (exact) mass is 351 g/mol. The molecular formula is C17H24FN4OS+. The van der Waals surface area contributed by atoms with Crippen LogP contribution >= 0.6 is 12.2 Å². The van der Waals surface area contributed by atoms with E-state index in [1.807, 2.05) is 0 Å². The summed E-state index contributed by atoms with van der Waals surface area (Å²) in [6, 6.07) is 6.85. The molecule has 0 bridgehead atoms. The molecule has 1 saturated carbocycles. The maximum Gasteiger partial charge on any atom is 0.275 e. The lowest BCUT2D eigenvalue weighted by atomic mass is 10.2. The molecule has 7 heteroatoms. The summed E-state index contributed by atoms with van der Waals surface area (Å²) < 4.78 is 12.9. The summed E-state index contributed by atoms with van der Waals surface area (Å²) in [5, 5.41) is 6.99. The number of piperazine rings is 1. The molecule has 0 spiro atoms. The number of thiocarbonyl (C=S) groups is 1. The normalized spacial score (nSPS) is 18.3. The number of hydrogen-bond donors (Lipinski definition) is 3. The number of hydrogen-bond acceptors (Lipinski definition) is 2. The first kappa shape index (κ1) is 17.1. The Hall–Kier alpha value is -1.73. The maximum atomic E-state index is 12.9. The summed E-state index contributed by atoms with van der Waals surface area (Å²) in [6.07, 6.45) is 2.26. The van der Waals surface area contributed by atoms with Gasteiger partial charge in [0.25, 0.3) is 5.91 Å². The molecule has 2 aliphatic rings. The van der Waals surface area contributed by atoms with Crippen molar-refractivity contribution < 1.29 is 14.1 Å². The van der Waals surface area contributed by atoms with Crippen LogP contribution in [0.25, 0.3) is 0 Å². The predicted octanol–water partition coefficient (Wildman–Crippen LogP) is -0.321. The number of nitrogens with one attached hydrogen (secondary N) is 3. The maximum absolute atomic E-state index is 12.9. The molecular weight excluding hydrogens is 327 g/mol. The van der Waals surface area contributed by atoms with E-state index in [1.165, 1.54) is 17.0 Å². The lowest BCUT2D eigenvalue weighted by Gasteiger charge is -2.33. The Kier molecular flexibility index (Phi) is 5.63. The van der Waals surface area contributed by atoms with Crippen LogP contribution in [0.15, 0.2) is 24.3 Å². The van der Waals surface area contributed by atoms with Crippen LogP contribution < -0.4 is 15.5 Å². The predicted molar refractivity (Wildman–Crippen MR) is 94.1 cm³/mol. The highest BCUT2D eigenvalue weighted by Gasteiger charge is 2.27. The van der Waals surface area contributed by atoms with E-state index in [0.29, 0.717) is 19.1 Å². The molecule has 0 atom stereocenters. The van der Waals surface area contributed by atoms with Crippen LogP contribution in [-0.2, 0) is 11.3 Å². The number of halogens is 1. The van der Waals surface area contributed by atoms with Crippen molar-refractivity contribution in [3.05, 3.63) is 35.6 Å². The fourth-order valence-electron chi connectivity index (χ4n) is 2.83. The van der Waals surface area contributed by atoms with Crippen LogP contribution in [0.1, 0.15) is 18.4 Å². The first-order chi connectivity index (χ1) is 11.6. The van der Waals surface area contributed by atoms with Crippen LogP contribution in [0.2, 0.25) is 0 Å². The van der Waals surface area contributed by atoms with Crippen molar-refractivity contribution in [3.63, 3.8) is 0 Å². The summed E-state index contributed by atoms with van der Waals surface area (Å²) in [4.78, 5) is 15.3. The molecule has 1 aliphatic heterocycles. The van der Waals surface area contributed by atoms with Gasteiger partial charge < -0.3 is 20.4 Å². The molecule has 0 unspecified atom stereocenters. The third-order valence-electron chi connectivity index (χ3n) is 4.47. The van der Waals surface area contributed by atoms with Gasteiger partial charge in [-0.05, 0) is 42.8 Å². The zero-order valence-electron chi connectivity index (χ0n) is 13.7. The summed E-state index contributed by atoms with van der Waals surface area (Å²) >= 11 is 5.44. The SMILES string of the molecule is O=C(C[NH+]1CCN(C(=S)NCc2ccc(F)cc2)CC1)NC1CC1. The van der Waals surface area contributed by atoms with Gasteiger partial charge >= 0.3 is 0 Å². The first-order valence-electron chi connectivity index (χ1n) is 8.50. The van der Waals surface area contributed by atoms with E-state index >= 15 is 0 Å². The molecule has 1 saturated heterocycles. The molecule has 1 aliphatic carbocycles. The van der Waals surface area contributed by atoms with Crippen LogP contribution in [0, 0.1) is 5.82 Å². The second-order valence-electron chi connectivity index (χ2n) is 6.54. The lowest BCUT2D eigenvalue weighted by molar-refractivity contribution is -0.895. The second kappa shape index (κ2) is 7.90. The van der Waals surface area contributed by atoms with Gasteiger partial charge in [0, 0.05) is 12.6 Å². The fourth-order valence-corrected chi connectivity index (χ4v) is 3.08. The van der Waals surface area contributed by atoms with Crippen LogP contribution in [-0.4, -0.2) is 54.7 Å². The molecule has 1 heterocycles. The fraction of sp³-hybridized carbons (Fsp3) is 0.529. The number of benzene rings is 1. The summed E-state index contributed by atoms with van der Waals surface area (Å²) in [6.45, 7) is 4.67. The number of carbonyl (C=O) groups is 1. The highest BCUT2D eigenvalue weighted by molar-refractivity contribution is 7.80. The molecule has 0 aromatic heterocycles. The largest absolute Gasteiger partial charge is 0.358 e. The quantitative estimate of drug-likeness (QED) is 0.637. The highest BCUT2D eigenvalue weighted by atomic mass is 32.1. The van der Waals surface area contributed by atoms with E-state index in [9.17, 15) is 9.18 Å². The van der Waals surface area contributed by atoms with Crippen molar-refractivity contribution in [1.29, 1.82) is 0 Å². The summed E-state index contributed by atoms with van der Waals surface area (Å²) in [5.74, 6) is -0.0656. The number of quaternary nitrogens is 1. The van der Waals surface area contributed by atoms with Crippen LogP contribution in [0.3, 0.4) is 0 Å². The molecule has 5 nitrogen and oxygen atoms in total. The second-order valence-corrected chi connectivity index (χ2v) is 6.93. The van der Waals surface area contributed by atoms with Gasteiger partial charge in [0.1, 0.15) is 5.82 Å².